The van der Waals surface area contributed by atoms with Crippen molar-refractivity contribution in [3.8, 4) is 5.75 Å². The Morgan fingerprint density at radius 2 is 1.56 bits per heavy atom. The molecule has 0 aliphatic carbocycles. The number of rotatable bonds is 7. The fraction of sp³-hybridized carbons (Fsp3) is 0.233. The molecular formula is C30H29NO3. The molecule has 172 valence electrons. The molecule has 0 amide bonds. The maximum Gasteiger partial charge on any atom is 0.320 e. The first kappa shape index (κ1) is 22.2. The number of carbonyl (C=O) groups is 1. The summed E-state index contributed by atoms with van der Waals surface area (Å²) in [6, 6.07) is 32.1. The molecule has 1 N–H and O–H groups in total. The molecule has 0 aromatic heterocycles. The van der Waals surface area contributed by atoms with E-state index >= 15 is 0 Å². The van der Waals surface area contributed by atoms with Gasteiger partial charge in [-0.2, -0.15) is 0 Å². The molecule has 1 aliphatic rings. The van der Waals surface area contributed by atoms with Gasteiger partial charge in [-0.05, 0) is 47.4 Å². The number of hydrogen-bond acceptors (Lipinski definition) is 3. The van der Waals surface area contributed by atoms with Crippen LogP contribution in [-0.4, -0.2) is 28.6 Å². The summed E-state index contributed by atoms with van der Waals surface area (Å²) in [4.78, 5) is 14.5. The van der Waals surface area contributed by atoms with E-state index < -0.39 is 12.0 Å². The SMILES string of the molecule is O=C(O)C1CCCCN1C(c1ccccc1OCc1ccccc1)c1cccc2ccccc12. The van der Waals surface area contributed by atoms with Crippen molar-refractivity contribution in [2.45, 2.75) is 38.0 Å². The zero-order valence-corrected chi connectivity index (χ0v) is 19.1. The number of carboxylic acid groups (broad SMARTS) is 1. The van der Waals surface area contributed by atoms with Gasteiger partial charge in [0.2, 0.25) is 0 Å². The zero-order chi connectivity index (χ0) is 23.3. The molecule has 4 nitrogen and oxygen atoms in total. The van der Waals surface area contributed by atoms with Crippen LogP contribution in [0.2, 0.25) is 0 Å². The van der Waals surface area contributed by atoms with Crippen LogP contribution in [0.5, 0.6) is 5.75 Å². The number of likely N-dealkylation sites (tertiary alicyclic amines) is 1. The van der Waals surface area contributed by atoms with Crippen LogP contribution < -0.4 is 4.74 Å². The highest BCUT2D eigenvalue weighted by atomic mass is 16.5. The molecule has 4 aromatic rings. The third-order valence-corrected chi connectivity index (χ3v) is 6.73. The Labute approximate surface area is 200 Å². The largest absolute Gasteiger partial charge is 0.489 e. The van der Waals surface area contributed by atoms with Crippen LogP contribution in [0.3, 0.4) is 0 Å². The predicted octanol–water partition coefficient (Wildman–Crippen LogP) is 6.45. The summed E-state index contributed by atoms with van der Waals surface area (Å²) in [6.45, 7) is 1.19. The Morgan fingerprint density at radius 3 is 2.41 bits per heavy atom. The Kier molecular flexibility index (Phi) is 6.59. The fourth-order valence-corrected chi connectivity index (χ4v) is 5.12. The minimum absolute atomic E-state index is 0.223. The average molecular weight is 452 g/mol. The molecule has 34 heavy (non-hydrogen) atoms. The first-order valence-electron chi connectivity index (χ1n) is 11.9. The van der Waals surface area contributed by atoms with Gasteiger partial charge in [-0.1, -0.05) is 97.4 Å². The summed E-state index contributed by atoms with van der Waals surface area (Å²) in [5, 5.41) is 12.4. The number of aliphatic carboxylic acids is 1. The van der Waals surface area contributed by atoms with E-state index in [0.29, 0.717) is 13.0 Å². The van der Waals surface area contributed by atoms with Crippen LogP contribution in [0.15, 0.2) is 97.1 Å². The molecule has 4 heteroatoms. The highest BCUT2D eigenvalue weighted by molar-refractivity contribution is 5.86. The molecule has 2 atom stereocenters. The van der Waals surface area contributed by atoms with E-state index in [1.54, 1.807) is 0 Å². The summed E-state index contributed by atoms with van der Waals surface area (Å²) >= 11 is 0. The van der Waals surface area contributed by atoms with Gasteiger partial charge in [0.15, 0.2) is 0 Å². The van der Waals surface area contributed by atoms with Crippen molar-refractivity contribution in [2.75, 3.05) is 6.54 Å². The van der Waals surface area contributed by atoms with E-state index in [1.165, 1.54) is 0 Å². The summed E-state index contributed by atoms with van der Waals surface area (Å²) in [5.74, 6) is 0.0339. The molecule has 5 rings (SSSR count). The molecule has 4 aromatic carbocycles. The topological polar surface area (TPSA) is 49.8 Å². The second-order valence-electron chi connectivity index (χ2n) is 8.87. The van der Waals surface area contributed by atoms with Gasteiger partial charge in [0, 0.05) is 5.56 Å². The molecule has 0 spiro atoms. The van der Waals surface area contributed by atoms with Gasteiger partial charge in [-0.3, -0.25) is 9.69 Å². The van der Waals surface area contributed by atoms with Crippen molar-refractivity contribution >= 4 is 16.7 Å². The van der Waals surface area contributed by atoms with E-state index in [4.69, 9.17) is 4.74 Å². The minimum atomic E-state index is -0.757. The van der Waals surface area contributed by atoms with Crippen LogP contribution in [0.25, 0.3) is 10.8 Å². The quantitative estimate of drug-likeness (QED) is 0.351. The zero-order valence-electron chi connectivity index (χ0n) is 19.1. The third-order valence-electron chi connectivity index (χ3n) is 6.73. The number of fused-ring (bicyclic) bond motifs is 1. The fourth-order valence-electron chi connectivity index (χ4n) is 5.12. The lowest BCUT2D eigenvalue weighted by molar-refractivity contribution is -0.145. The molecule has 1 saturated heterocycles. The molecule has 1 fully saturated rings. The van der Waals surface area contributed by atoms with Crippen molar-refractivity contribution < 1.29 is 14.6 Å². The van der Waals surface area contributed by atoms with Crippen LogP contribution in [0.1, 0.15) is 42.0 Å². The molecule has 1 aliphatic heterocycles. The van der Waals surface area contributed by atoms with E-state index in [1.807, 2.05) is 48.5 Å². The first-order valence-corrected chi connectivity index (χ1v) is 11.9. The Bertz CT molecular complexity index is 1270. The molecular weight excluding hydrogens is 422 g/mol. The normalized spacial score (nSPS) is 17.4. The van der Waals surface area contributed by atoms with Crippen molar-refractivity contribution in [3.05, 3.63) is 114 Å². The van der Waals surface area contributed by atoms with Gasteiger partial charge in [-0.25, -0.2) is 0 Å². The first-order chi connectivity index (χ1) is 16.7. The Morgan fingerprint density at radius 1 is 0.853 bits per heavy atom. The van der Waals surface area contributed by atoms with Crippen LogP contribution in [0.4, 0.5) is 0 Å². The lowest BCUT2D eigenvalue weighted by Crippen LogP contribution is -2.47. The Balaban J connectivity index is 1.63. The van der Waals surface area contributed by atoms with Crippen LogP contribution >= 0.6 is 0 Å². The summed E-state index contributed by atoms with van der Waals surface area (Å²) < 4.78 is 6.35. The number of nitrogens with zero attached hydrogens (tertiary/aromatic N) is 1. The molecule has 2 unspecified atom stereocenters. The highest BCUT2D eigenvalue weighted by Crippen LogP contribution is 2.41. The smallest absolute Gasteiger partial charge is 0.320 e. The number of benzene rings is 4. The van der Waals surface area contributed by atoms with Crippen molar-refractivity contribution in [1.82, 2.24) is 4.90 Å². The summed E-state index contributed by atoms with van der Waals surface area (Å²) in [7, 11) is 0. The van der Waals surface area contributed by atoms with Crippen molar-refractivity contribution in [2.24, 2.45) is 0 Å². The number of piperidine rings is 1. The second kappa shape index (κ2) is 10.1. The van der Waals surface area contributed by atoms with Crippen molar-refractivity contribution in [1.29, 1.82) is 0 Å². The lowest BCUT2D eigenvalue weighted by Gasteiger charge is -2.40. The van der Waals surface area contributed by atoms with Crippen LogP contribution in [-0.2, 0) is 11.4 Å². The monoisotopic (exact) mass is 451 g/mol. The second-order valence-corrected chi connectivity index (χ2v) is 8.87. The number of hydrogen-bond donors (Lipinski definition) is 1. The van der Waals surface area contributed by atoms with E-state index in [0.717, 1.165) is 52.6 Å². The summed E-state index contributed by atoms with van der Waals surface area (Å²) in [5.41, 5.74) is 3.21. The number of para-hydroxylation sites is 1. The highest BCUT2D eigenvalue weighted by Gasteiger charge is 2.36. The molecule has 0 bridgehead atoms. The van der Waals surface area contributed by atoms with E-state index in [9.17, 15) is 9.90 Å². The maximum absolute atomic E-state index is 12.3. The van der Waals surface area contributed by atoms with Gasteiger partial charge >= 0.3 is 5.97 Å². The Hall–Kier alpha value is -3.63. The summed E-state index contributed by atoms with van der Waals surface area (Å²) in [6.07, 6.45) is 2.57. The van der Waals surface area contributed by atoms with E-state index in [2.05, 4.69) is 53.4 Å². The average Bonchev–Trinajstić information content (AvgIpc) is 2.89. The molecule has 0 saturated carbocycles. The molecule has 1 heterocycles. The number of ether oxygens (including phenoxy) is 1. The lowest BCUT2D eigenvalue weighted by atomic mass is 9.88. The predicted molar refractivity (Wildman–Crippen MR) is 135 cm³/mol. The van der Waals surface area contributed by atoms with Gasteiger partial charge in [-0.15, -0.1) is 0 Å². The van der Waals surface area contributed by atoms with Gasteiger partial charge in [0.1, 0.15) is 18.4 Å². The maximum atomic E-state index is 12.3. The molecule has 0 radical (unpaired) electrons. The van der Waals surface area contributed by atoms with Crippen molar-refractivity contribution in [3.63, 3.8) is 0 Å². The minimum Gasteiger partial charge on any atom is -0.489 e. The van der Waals surface area contributed by atoms with Gasteiger partial charge in [0.05, 0.1) is 6.04 Å². The third kappa shape index (κ3) is 4.55. The number of carboxylic acids is 1. The van der Waals surface area contributed by atoms with Gasteiger partial charge < -0.3 is 9.84 Å². The van der Waals surface area contributed by atoms with E-state index in [-0.39, 0.29) is 6.04 Å². The van der Waals surface area contributed by atoms with Crippen LogP contribution in [0, 0.1) is 0 Å². The standard InChI is InChI=1S/C30H29NO3/c32-30(33)27-18-8-9-20-31(27)29(25-17-10-14-23-13-4-5-15-24(23)25)26-16-6-7-19-28(26)34-21-22-11-2-1-3-12-22/h1-7,10-17,19,27,29H,8-9,18,20-21H2,(H,32,33). The van der Waals surface area contributed by atoms with Gasteiger partial charge in [0.25, 0.3) is 0 Å².